The van der Waals surface area contributed by atoms with Crippen molar-refractivity contribution >= 4 is 17.5 Å². The van der Waals surface area contributed by atoms with Gasteiger partial charge in [-0.05, 0) is 42.5 Å². The molecular weight excluding hydrogens is 524 g/mol. The summed E-state index contributed by atoms with van der Waals surface area (Å²) in [6, 6.07) is 11.1. The fourth-order valence-corrected chi connectivity index (χ4v) is 3.21. The van der Waals surface area contributed by atoms with Crippen LogP contribution in [0.3, 0.4) is 0 Å². The van der Waals surface area contributed by atoms with E-state index in [4.69, 9.17) is 13.9 Å². The number of ether oxygens (including phenoxy) is 2. The minimum absolute atomic E-state index is 0.00115. The van der Waals surface area contributed by atoms with E-state index >= 15 is 0 Å². The molecule has 202 valence electrons. The fraction of sp³-hybridized carbons (Fsp3) is 0.154. The van der Waals surface area contributed by atoms with Crippen molar-refractivity contribution in [1.29, 1.82) is 0 Å². The molecule has 4 rings (SSSR count). The van der Waals surface area contributed by atoms with Gasteiger partial charge in [0, 0.05) is 43.6 Å². The van der Waals surface area contributed by atoms with Gasteiger partial charge in [-0.3, -0.25) is 14.6 Å². The van der Waals surface area contributed by atoms with Gasteiger partial charge in [-0.15, -0.1) is 0 Å². The number of amides is 2. The number of carbonyl (C=O) groups is 2. The molecule has 2 aromatic carbocycles. The smallest absolute Gasteiger partial charge is 0.395 e. The molecule has 4 aromatic rings. The zero-order valence-corrected chi connectivity index (χ0v) is 20.4. The average Bonchev–Trinajstić information content (AvgIpc) is 3.33. The van der Waals surface area contributed by atoms with E-state index in [9.17, 15) is 27.2 Å². The summed E-state index contributed by atoms with van der Waals surface area (Å²) in [5, 5.41) is 4.85. The second-order valence-electron chi connectivity index (χ2n) is 8.18. The molecular formula is C26H20F4N4O5. The number of carbonyl (C=O) groups excluding carboxylic acids is 2. The van der Waals surface area contributed by atoms with Gasteiger partial charge >= 0.3 is 6.08 Å². The van der Waals surface area contributed by atoms with Crippen molar-refractivity contribution in [2.45, 2.75) is 12.8 Å². The van der Waals surface area contributed by atoms with Crippen LogP contribution >= 0.6 is 0 Å². The van der Waals surface area contributed by atoms with Crippen molar-refractivity contribution in [1.82, 2.24) is 15.3 Å². The summed E-state index contributed by atoms with van der Waals surface area (Å²) in [6.07, 6.45) is 0.715. The minimum Gasteiger partial charge on any atom is -0.454 e. The number of alkyl halides is 2. The summed E-state index contributed by atoms with van der Waals surface area (Å²) in [5.41, 5.74) is -0.0815. The molecule has 2 aromatic heterocycles. The highest BCUT2D eigenvalue weighted by Gasteiger charge is 2.27. The molecule has 13 heteroatoms. The van der Waals surface area contributed by atoms with Crippen molar-refractivity contribution in [3.63, 3.8) is 0 Å². The zero-order valence-electron chi connectivity index (χ0n) is 20.4. The van der Waals surface area contributed by atoms with E-state index < -0.39 is 42.1 Å². The molecule has 0 aliphatic carbocycles. The Kier molecular flexibility index (Phi) is 7.79. The first-order valence-corrected chi connectivity index (χ1v) is 11.3. The maximum atomic E-state index is 14.8. The van der Waals surface area contributed by atoms with Crippen LogP contribution in [0.5, 0.6) is 17.6 Å². The predicted octanol–water partition coefficient (Wildman–Crippen LogP) is 5.45. The highest BCUT2D eigenvalue weighted by Crippen LogP contribution is 2.31. The lowest BCUT2D eigenvalue weighted by molar-refractivity contribution is -0.0308. The number of oxazole rings is 1. The Morgan fingerprint density at radius 2 is 1.77 bits per heavy atom. The van der Waals surface area contributed by atoms with Crippen molar-refractivity contribution < 1.29 is 41.0 Å². The number of aromatic nitrogens is 2. The van der Waals surface area contributed by atoms with E-state index in [1.165, 1.54) is 49.6 Å². The van der Waals surface area contributed by atoms with E-state index in [0.29, 0.717) is 6.92 Å². The van der Waals surface area contributed by atoms with Crippen LogP contribution in [0, 0.1) is 11.6 Å². The molecule has 0 saturated heterocycles. The van der Waals surface area contributed by atoms with Gasteiger partial charge in [0.2, 0.25) is 0 Å². The zero-order chi connectivity index (χ0) is 28.2. The Hall–Kier alpha value is -4.94. The lowest BCUT2D eigenvalue weighted by atomic mass is 10.1. The van der Waals surface area contributed by atoms with Gasteiger partial charge in [0.25, 0.3) is 17.7 Å². The molecule has 2 heterocycles. The van der Waals surface area contributed by atoms with E-state index in [2.05, 4.69) is 20.6 Å². The molecule has 2 N–H and O–H groups in total. The van der Waals surface area contributed by atoms with Crippen LogP contribution in [-0.2, 0) is 0 Å². The van der Waals surface area contributed by atoms with Crippen LogP contribution in [0.2, 0.25) is 0 Å². The lowest BCUT2D eigenvalue weighted by Gasteiger charge is -2.10. The van der Waals surface area contributed by atoms with E-state index in [1.807, 2.05) is 0 Å². The van der Waals surface area contributed by atoms with Gasteiger partial charge in [-0.2, -0.15) is 4.98 Å². The van der Waals surface area contributed by atoms with Crippen molar-refractivity contribution in [3.05, 3.63) is 83.8 Å². The van der Waals surface area contributed by atoms with Gasteiger partial charge in [-0.1, -0.05) is 0 Å². The number of hydrogen-bond acceptors (Lipinski definition) is 7. The van der Waals surface area contributed by atoms with E-state index in [-0.39, 0.29) is 39.9 Å². The van der Waals surface area contributed by atoms with Crippen LogP contribution < -0.4 is 20.1 Å². The molecule has 9 nitrogen and oxygen atoms in total. The molecule has 0 atom stereocenters. The van der Waals surface area contributed by atoms with Gasteiger partial charge in [-0.25, -0.2) is 17.6 Å². The molecule has 0 bridgehead atoms. The third-order valence-electron chi connectivity index (χ3n) is 4.99. The predicted molar refractivity (Wildman–Crippen MR) is 130 cm³/mol. The molecule has 0 fully saturated rings. The summed E-state index contributed by atoms with van der Waals surface area (Å²) < 4.78 is 70.3. The maximum absolute atomic E-state index is 14.8. The van der Waals surface area contributed by atoms with Crippen LogP contribution in [-0.4, -0.2) is 41.4 Å². The van der Waals surface area contributed by atoms with Crippen LogP contribution in [0.4, 0.5) is 23.2 Å². The van der Waals surface area contributed by atoms with Crippen LogP contribution in [0.1, 0.15) is 27.9 Å². The molecule has 2 amide bonds. The summed E-state index contributed by atoms with van der Waals surface area (Å²) in [4.78, 5) is 32.5. The molecule has 0 spiro atoms. The van der Waals surface area contributed by atoms with Crippen molar-refractivity contribution in [3.8, 4) is 28.9 Å². The molecule has 39 heavy (non-hydrogen) atoms. The first-order valence-electron chi connectivity index (χ1n) is 11.3. The second kappa shape index (κ2) is 11.2. The van der Waals surface area contributed by atoms with Gasteiger partial charge in [0.1, 0.15) is 17.3 Å². The Labute approximate surface area is 218 Å². The number of hydrogen-bond donors (Lipinski definition) is 2. The van der Waals surface area contributed by atoms with Gasteiger partial charge in [0.15, 0.2) is 29.6 Å². The van der Waals surface area contributed by atoms with Crippen molar-refractivity contribution in [2.24, 2.45) is 0 Å². The van der Waals surface area contributed by atoms with Gasteiger partial charge < -0.3 is 24.5 Å². The molecule has 0 radical (unpaired) electrons. The first kappa shape index (κ1) is 27.1. The molecule has 0 aliphatic rings. The average molecular weight is 544 g/mol. The fourth-order valence-electron chi connectivity index (χ4n) is 3.21. The number of nitrogens with zero attached hydrogens (tertiary/aromatic N) is 2. The quantitative estimate of drug-likeness (QED) is 0.269. The van der Waals surface area contributed by atoms with Gasteiger partial charge in [0.05, 0.1) is 0 Å². The first-order chi connectivity index (χ1) is 18.5. The Balaban J connectivity index is 1.55. The van der Waals surface area contributed by atoms with E-state index in [1.54, 1.807) is 0 Å². The molecule has 0 unspecified atom stereocenters. The standard InChI is InChI=1S/C26H20F4N4O5/c1-26(29,30)13-37-25-34-21(22(39-25)14-3-5-15(27)6-4-14)24(36)33-16-7-8-20(18(28)11-16)38-17-9-10-32-19(12-17)23(35)31-2/h3-12H,13H2,1-2H3,(H,31,35)(H,33,36). The number of rotatable bonds is 9. The van der Waals surface area contributed by atoms with Crippen molar-refractivity contribution in [2.75, 3.05) is 19.0 Å². The Morgan fingerprint density at radius 1 is 1.03 bits per heavy atom. The summed E-state index contributed by atoms with van der Waals surface area (Å²) in [6.45, 7) is -0.436. The highest BCUT2D eigenvalue weighted by atomic mass is 19.3. The molecule has 0 saturated carbocycles. The molecule has 0 aliphatic heterocycles. The van der Waals surface area contributed by atoms with Crippen LogP contribution in [0.15, 0.2) is 65.2 Å². The number of halogens is 4. The van der Waals surface area contributed by atoms with Crippen LogP contribution in [0.25, 0.3) is 11.3 Å². The SMILES string of the molecule is CNC(=O)c1cc(Oc2ccc(NC(=O)c3nc(OCC(C)(F)F)oc3-c3ccc(F)cc3)cc2F)ccn1. The normalized spacial score (nSPS) is 11.1. The summed E-state index contributed by atoms with van der Waals surface area (Å²) in [5.74, 6) is -6.17. The lowest BCUT2D eigenvalue weighted by Crippen LogP contribution is -2.21. The maximum Gasteiger partial charge on any atom is 0.395 e. The summed E-state index contributed by atoms with van der Waals surface area (Å²) in [7, 11) is 1.43. The van der Waals surface area contributed by atoms with E-state index in [0.717, 1.165) is 18.2 Å². The monoisotopic (exact) mass is 544 g/mol. The third kappa shape index (κ3) is 6.89. The second-order valence-corrected chi connectivity index (χ2v) is 8.18. The topological polar surface area (TPSA) is 116 Å². The summed E-state index contributed by atoms with van der Waals surface area (Å²) >= 11 is 0. The number of pyridine rings is 1. The number of benzene rings is 2. The minimum atomic E-state index is -3.20. The Morgan fingerprint density at radius 3 is 2.44 bits per heavy atom. The third-order valence-corrected chi connectivity index (χ3v) is 4.99. The highest BCUT2D eigenvalue weighted by molar-refractivity contribution is 6.06. The number of anilines is 1. The number of nitrogens with one attached hydrogen (secondary N) is 2. The largest absolute Gasteiger partial charge is 0.454 e. The Bertz CT molecular complexity index is 1500.